The molecule has 0 saturated heterocycles. The van der Waals surface area contributed by atoms with Crippen molar-refractivity contribution in [3.8, 4) is 0 Å². The van der Waals surface area contributed by atoms with Crippen molar-refractivity contribution in [2.45, 2.75) is 34.1 Å². The highest BCUT2D eigenvalue weighted by molar-refractivity contribution is 7.92. The summed E-state index contributed by atoms with van der Waals surface area (Å²) in [5.41, 5.74) is 1.09. The molecule has 1 aromatic rings. The van der Waals surface area contributed by atoms with Crippen LogP contribution in [-0.4, -0.2) is 25.2 Å². The number of benzene rings is 1. The number of carbonyl (C=O) groups is 1. The zero-order valence-corrected chi connectivity index (χ0v) is 13.0. The highest BCUT2D eigenvalue weighted by atomic mass is 32.2. The lowest BCUT2D eigenvalue weighted by Crippen LogP contribution is -2.21. The molecule has 0 saturated carbocycles. The lowest BCUT2D eigenvalue weighted by Gasteiger charge is -2.18. The van der Waals surface area contributed by atoms with Crippen LogP contribution in [-0.2, 0) is 10.0 Å². The van der Waals surface area contributed by atoms with Crippen molar-refractivity contribution in [1.29, 1.82) is 0 Å². The van der Waals surface area contributed by atoms with E-state index in [1.54, 1.807) is 6.92 Å². The van der Waals surface area contributed by atoms with E-state index in [0.29, 0.717) is 17.7 Å². The first-order chi connectivity index (χ1) is 9.00. The minimum atomic E-state index is -3.42. The van der Waals surface area contributed by atoms with Gasteiger partial charge in [-0.25, -0.2) is 13.2 Å². The van der Waals surface area contributed by atoms with E-state index >= 15 is 0 Å². The number of hydrogen-bond donors (Lipinski definition) is 2. The highest BCUT2D eigenvalue weighted by Crippen LogP contribution is 2.22. The minimum Gasteiger partial charge on any atom is -0.478 e. The summed E-state index contributed by atoms with van der Waals surface area (Å²) in [4.78, 5) is 10.8. The molecule has 0 bridgehead atoms. The first kappa shape index (κ1) is 16.5. The molecule has 0 radical (unpaired) electrons. The summed E-state index contributed by atoms with van der Waals surface area (Å²) in [5, 5.41) is 8.87. The molecule has 0 unspecified atom stereocenters. The molecule has 20 heavy (non-hydrogen) atoms. The lowest BCUT2D eigenvalue weighted by atomic mass is 9.94. The van der Waals surface area contributed by atoms with Gasteiger partial charge in [-0.15, -0.1) is 0 Å². The van der Waals surface area contributed by atoms with Crippen LogP contribution in [0.2, 0.25) is 0 Å². The first-order valence-electron chi connectivity index (χ1n) is 6.35. The fourth-order valence-corrected chi connectivity index (χ4v) is 3.12. The van der Waals surface area contributed by atoms with Crippen molar-refractivity contribution >= 4 is 21.7 Å². The smallest absolute Gasteiger partial charge is 0.335 e. The molecule has 1 rings (SSSR count). The Morgan fingerprint density at radius 3 is 2.35 bits per heavy atom. The Morgan fingerprint density at radius 2 is 1.90 bits per heavy atom. The number of carboxylic acid groups (broad SMARTS) is 1. The van der Waals surface area contributed by atoms with Gasteiger partial charge in [-0.2, -0.15) is 0 Å². The molecule has 0 heterocycles. The van der Waals surface area contributed by atoms with E-state index in [2.05, 4.69) is 4.72 Å². The molecule has 112 valence electrons. The molecule has 0 aliphatic rings. The van der Waals surface area contributed by atoms with Gasteiger partial charge < -0.3 is 5.11 Å². The van der Waals surface area contributed by atoms with Gasteiger partial charge in [0.25, 0.3) is 0 Å². The maximum atomic E-state index is 12.0. The molecule has 5 nitrogen and oxygen atoms in total. The molecule has 0 aliphatic heterocycles. The number of aromatic carboxylic acids is 1. The molecule has 0 fully saturated rings. The number of sulfonamides is 1. The average molecular weight is 299 g/mol. The number of anilines is 1. The number of nitrogens with one attached hydrogen (secondary N) is 1. The Morgan fingerprint density at radius 1 is 1.30 bits per heavy atom. The normalized spacial score (nSPS) is 12.2. The quantitative estimate of drug-likeness (QED) is 0.875. The van der Waals surface area contributed by atoms with Gasteiger partial charge in [-0.1, -0.05) is 20.8 Å². The Bertz CT molecular complexity index is 600. The molecule has 0 atom stereocenters. The summed E-state index contributed by atoms with van der Waals surface area (Å²) < 4.78 is 26.5. The first-order valence-corrected chi connectivity index (χ1v) is 8.00. The maximum absolute atomic E-state index is 12.0. The van der Waals surface area contributed by atoms with Crippen LogP contribution in [0.1, 0.15) is 43.1 Å². The SMILES string of the molecule is Cc1cc(C(=O)O)ccc1NS(=O)(=O)CCC(C)(C)C. The van der Waals surface area contributed by atoms with E-state index in [-0.39, 0.29) is 16.7 Å². The second kappa shape index (κ2) is 5.83. The molecule has 6 heteroatoms. The summed E-state index contributed by atoms with van der Waals surface area (Å²) >= 11 is 0. The molecule has 0 amide bonds. The van der Waals surface area contributed by atoms with Crippen LogP contribution >= 0.6 is 0 Å². The monoisotopic (exact) mass is 299 g/mol. The largest absolute Gasteiger partial charge is 0.478 e. The third-order valence-corrected chi connectivity index (χ3v) is 4.13. The fraction of sp³-hybridized carbons (Fsp3) is 0.500. The van der Waals surface area contributed by atoms with Crippen LogP contribution in [0, 0.1) is 12.3 Å². The van der Waals surface area contributed by atoms with E-state index in [4.69, 9.17) is 5.11 Å². The van der Waals surface area contributed by atoms with Crippen molar-refractivity contribution in [2.75, 3.05) is 10.5 Å². The summed E-state index contributed by atoms with van der Waals surface area (Å²) in [7, 11) is -3.42. The van der Waals surface area contributed by atoms with Gasteiger partial charge in [-0.3, -0.25) is 4.72 Å². The molecule has 1 aromatic carbocycles. The van der Waals surface area contributed by atoms with E-state index in [9.17, 15) is 13.2 Å². The topological polar surface area (TPSA) is 83.5 Å². The van der Waals surface area contributed by atoms with Crippen LogP contribution in [0.3, 0.4) is 0 Å². The van der Waals surface area contributed by atoms with Gasteiger partial charge in [0.2, 0.25) is 10.0 Å². The Kier molecular flexibility index (Phi) is 4.81. The molecular formula is C14H21NO4S. The van der Waals surface area contributed by atoms with Crippen molar-refractivity contribution in [3.63, 3.8) is 0 Å². The Hall–Kier alpha value is -1.56. The van der Waals surface area contributed by atoms with E-state index in [1.165, 1.54) is 18.2 Å². The molecule has 0 aliphatic carbocycles. The summed E-state index contributed by atoms with van der Waals surface area (Å²) in [6.45, 7) is 7.62. The lowest BCUT2D eigenvalue weighted by molar-refractivity contribution is 0.0697. The second-order valence-corrected chi connectivity index (χ2v) is 7.91. The van der Waals surface area contributed by atoms with Gasteiger partial charge >= 0.3 is 5.97 Å². The number of aryl methyl sites for hydroxylation is 1. The molecule has 0 spiro atoms. The second-order valence-electron chi connectivity index (χ2n) is 6.07. The fourth-order valence-electron chi connectivity index (χ4n) is 1.57. The molecular weight excluding hydrogens is 278 g/mol. The van der Waals surface area contributed by atoms with E-state index in [0.717, 1.165) is 0 Å². The maximum Gasteiger partial charge on any atom is 0.335 e. The van der Waals surface area contributed by atoms with Crippen molar-refractivity contribution < 1.29 is 18.3 Å². The van der Waals surface area contributed by atoms with Gasteiger partial charge in [0, 0.05) is 0 Å². The van der Waals surface area contributed by atoms with Crippen LogP contribution < -0.4 is 4.72 Å². The number of rotatable bonds is 5. The third kappa shape index (κ3) is 5.21. The standard InChI is InChI=1S/C14H21NO4S/c1-10-9-11(13(16)17)5-6-12(10)15-20(18,19)8-7-14(2,3)4/h5-6,9,15H,7-8H2,1-4H3,(H,16,17). The predicted octanol–water partition coefficient (Wildman–Crippen LogP) is 2.87. The Labute approximate surface area is 120 Å². The van der Waals surface area contributed by atoms with E-state index < -0.39 is 16.0 Å². The third-order valence-electron chi connectivity index (χ3n) is 2.86. The van der Waals surface area contributed by atoms with Crippen LogP contribution in [0.15, 0.2) is 18.2 Å². The zero-order valence-electron chi connectivity index (χ0n) is 12.2. The van der Waals surface area contributed by atoms with Gasteiger partial charge in [-0.05, 0) is 42.5 Å². The number of carboxylic acids is 1. The van der Waals surface area contributed by atoms with E-state index in [1.807, 2.05) is 20.8 Å². The van der Waals surface area contributed by atoms with Gasteiger partial charge in [0.1, 0.15) is 0 Å². The van der Waals surface area contributed by atoms with Crippen LogP contribution in [0.4, 0.5) is 5.69 Å². The molecule has 2 N–H and O–H groups in total. The molecule has 0 aromatic heterocycles. The van der Waals surface area contributed by atoms with Gasteiger partial charge in [0.15, 0.2) is 0 Å². The van der Waals surface area contributed by atoms with Gasteiger partial charge in [0.05, 0.1) is 17.0 Å². The van der Waals surface area contributed by atoms with Crippen LogP contribution in [0.25, 0.3) is 0 Å². The summed E-state index contributed by atoms with van der Waals surface area (Å²) in [6.07, 6.45) is 0.550. The average Bonchev–Trinajstić information content (AvgIpc) is 2.28. The zero-order chi connectivity index (χ0) is 15.6. The van der Waals surface area contributed by atoms with Crippen molar-refractivity contribution in [2.24, 2.45) is 5.41 Å². The van der Waals surface area contributed by atoms with Crippen molar-refractivity contribution in [1.82, 2.24) is 0 Å². The number of hydrogen-bond acceptors (Lipinski definition) is 3. The van der Waals surface area contributed by atoms with Crippen LogP contribution in [0.5, 0.6) is 0 Å². The predicted molar refractivity (Wildman–Crippen MR) is 79.6 cm³/mol. The van der Waals surface area contributed by atoms with Crippen molar-refractivity contribution in [3.05, 3.63) is 29.3 Å². The summed E-state index contributed by atoms with van der Waals surface area (Å²) in [6, 6.07) is 4.31. The minimum absolute atomic E-state index is 0.0383. The highest BCUT2D eigenvalue weighted by Gasteiger charge is 2.18. The Balaban J connectivity index is 2.85. The summed E-state index contributed by atoms with van der Waals surface area (Å²) in [5.74, 6) is -0.994.